The van der Waals surface area contributed by atoms with Gasteiger partial charge in [-0.15, -0.1) is 0 Å². The van der Waals surface area contributed by atoms with E-state index in [-0.39, 0.29) is 35.6 Å². The number of nitrogens with zero attached hydrogens (tertiary/aromatic N) is 2. The molecule has 0 aromatic heterocycles. The van der Waals surface area contributed by atoms with E-state index in [1.807, 2.05) is 20.8 Å². The van der Waals surface area contributed by atoms with E-state index in [1.54, 1.807) is 18.2 Å². The highest BCUT2D eigenvalue weighted by molar-refractivity contribution is 6.35. The van der Waals surface area contributed by atoms with Crippen LogP contribution in [-0.2, 0) is 16.1 Å². The summed E-state index contributed by atoms with van der Waals surface area (Å²) in [7, 11) is 1.30. The maximum Gasteiger partial charge on any atom is 0.311 e. The molecule has 2 aromatic rings. The smallest absolute Gasteiger partial charge is 0.311 e. The first-order valence-corrected chi connectivity index (χ1v) is 11.8. The van der Waals surface area contributed by atoms with Crippen molar-refractivity contribution in [3.05, 3.63) is 62.1 Å². The molecule has 0 saturated heterocycles. The Morgan fingerprint density at radius 3 is 2.46 bits per heavy atom. The normalized spacial score (nSPS) is 11.6. The number of methoxy groups -OCH3 is 1. The predicted octanol–water partition coefficient (Wildman–Crippen LogP) is 4.87. The monoisotopic (exact) mass is 525 g/mol. The lowest BCUT2D eigenvalue weighted by molar-refractivity contribution is -0.385. The Balaban J connectivity index is 2.27. The molecule has 190 valence electrons. The second-order valence-electron chi connectivity index (χ2n) is 8.20. The first-order chi connectivity index (χ1) is 16.6. The summed E-state index contributed by atoms with van der Waals surface area (Å²) in [5, 5.41) is 14.8. The molecule has 0 fully saturated rings. The van der Waals surface area contributed by atoms with E-state index in [4.69, 9.17) is 32.7 Å². The number of hydrogen-bond donors (Lipinski definition) is 1. The number of hydrogen-bond acceptors (Lipinski definition) is 6. The summed E-state index contributed by atoms with van der Waals surface area (Å²) in [5.74, 6) is -0.282. The molecule has 0 aliphatic carbocycles. The lowest BCUT2D eigenvalue weighted by Crippen LogP contribution is -2.50. The van der Waals surface area contributed by atoms with Crippen molar-refractivity contribution in [3.8, 4) is 11.5 Å². The highest BCUT2D eigenvalue weighted by Gasteiger charge is 2.29. The molecule has 0 aliphatic heterocycles. The minimum Gasteiger partial charge on any atom is -0.490 e. The van der Waals surface area contributed by atoms with Crippen molar-refractivity contribution >= 4 is 40.7 Å². The van der Waals surface area contributed by atoms with Crippen molar-refractivity contribution in [2.75, 3.05) is 20.3 Å². The molecule has 35 heavy (non-hydrogen) atoms. The second-order valence-corrected chi connectivity index (χ2v) is 9.04. The van der Waals surface area contributed by atoms with E-state index in [2.05, 4.69) is 5.32 Å². The van der Waals surface area contributed by atoms with E-state index < -0.39 is 23.5 Å². The molecule has 2 aromatic carbocycles. The lowest BCUT2D eigenvalue weighted by Gasteiger charge is -2.31. The Bertz CT molecular complexity index is 1060. The van der Waals surface area contributed by atoms with Gasteiger partial charge in [0.15, 0.2) is 6.61 Å². The van der Waals surface area contributed by atoms with Crippen molar-refractivity contribution in [3.63, 3.8) is 0 Å². The van der Waals surface area contributed by atoms with Gasteiger partial charge >= 0.3 is 5.69 Å². The van der Waals surface area contributed by atoms with Crippen molar-refractivity contribution in [1.29, 1.82) is 0 Å². The van der Waals surface area contributed by atoms with Gasteiger partial charge in [-0.2, -0.15) is 0 Å². The van der Waals surface area contributed by atoms with Crippen LogP contribution in [0.5, 0.6) is 11.5 Å². The quantitative estimate of drug-likeness (QED) is 0.312. The highest BCUT2D eigenvalue weighted by atomic mass is 35.5. The zero-order valence-corrected chi connectivity index (χ0v) is 21.6. The van der Waals surface area contributed by atoms with Gasteiger partial charge in [0.2, 0.25) is 11.7 Å². The predicted molar refractivity (Wildman–Crippen MR) is 134 cm³/mol. The van der Waals surface area contributed by atoms with Crippen LogP contribution >= 0.6 is 23.2 Å². The number of rotatable bonds is 12. The molecule has 0 radical (unpaired) electrons. The topological polar surface area (TPSA) is 111 Å². The summed E-state index contributed by atoms with van der Waals surface area (Å²) in [5.41, 5.74) is 0.398. The van der Waals surface area contributed by atoms with Crippen LogP contribution in [0.1, 0.15) is 32.8 Å². The first-order valence-electron chi connectivity index (χ1n) is 11.0. The lowest BCUT2D eigenvalue weighted by atomic mass is 10.1. The molecule has 0 heterocycles. The zero-order valence-electron chi connectivity index (χ0n) is 20.0. The van der Waals surface area contributed by atoms with Crippen LogP contribution in [-0.4, -0.2) is 47.9 Å². The van der Waals surface area contributed by atoms with Gasteiger partial charge < -0.3 is 19.7 Å². The number of halogens is 2. The summed E-state index contributed by atoms with van der Waals surface area (Å²) in [6, 6.07) is 8.11. The SMILES string of the molecule is CCC(C(=O)NCC(C)C)N(Cc1ccc(Cl)cc1Cl)C(=O)COc1ccc([N+](=O)[O-])c(OC)c1. The Kier molecular flexibility index (Phi) is 10.6. The minimum absolute atomic E-state index is 0.00393. The number of carbonyl (C=O) groups excluding carboxylic acids is 2. The van der Waals surface area contributed by atoms with Crippen molar-refractivity contribution in [1.82, 2.24) is 10.2 Å². The average molecular weight is 526 g/mol. The zero-order chi connectivity index (χ0) is 26.1. The summed E-state index contributed by atoms with van der Waals surface area (Å²) in [6.45, 7) is 5.90. The summed E-state index contributed by atoms with van der Waals surface area (Å²) in [4.78, 5) is 38.2. The molecule has 2 rings (SSSR count). The number of nitrogens with one attached hydrogen (secondary N) is 1. The van der Waals surface area contributed by atoms with Gasteiger partial charge in [-0.1, -0.05) is 50.0 Å². The molecule has 1 N–H and O–H groups in total. The number of carbonyl (C=O) groups is 2. The van der Waals surface area contributed by atoms with Crippen LogP contribution in [0.3, 0.4) is 0 Å². The Morgan fingerprint density at radius 1 is 1.17 bits per heavy atom. The van der Waals surface area contributed by atoms with E-state index in [0.717, 1.165) is 0 Å². The van der Waals surface area contributed by atoms with Crippen LogP contribution in [0.15, 0.2) is 36.4 Å². The third-order valence-electron chi connectivity index (χ3n) is 5.14. The van der Waals surface area contributed by atoms with Crippen LogP contribution in [0.4, 0.5) is 5.69 Å². The van der Waals surface area contributed by atoms with E-state index in [1.165, 1.54) is 30.2 Å². The van der Waals surface area contributed by atoms with Crippen LogP contribution < -0.4 is 14.8 Å². The Hall–Kier alpha value is -3.04. The third-order valence-corrected chi connectivity index (χ3v) is 5.72. The highest BCUT2D eigenvalue weighted by Crippen LogP contribution is 2.31. The molecule has 0 bridgehead atoms. The van der Waals surface area contributed by atoms with E-state index in [9.17, 15) is 19.7 Å². The van der Waals surface area contributed by atoms with Gasteiger partial charge in [0, 0.05) is 35.3 Å². The maximum atomic E-state index is 13.3. The molecule has 2 amide bonds. The molecule has 0 aliphatic rings. The maximum absolute atomic E-state index is 13.3. The van der Waals surface area contributed by atoms with Gasteiger partial charge in [-0.05, 0) is 36.1 Å². The van der Waals surface area contributed by atoms with E-state index >= 15 is 0 Å². The van der Waals surface area contributed by atoms with E-state index in [0.29, 0.717) is 28.6 Å². The molecule has 0 saturated carbocycles. The van der Waals surface area contributed by atoms with Gasteiger partial charge in [0.25, 0.3) is 5.91 Å². The minimum atomic E-state index is -0.761. The molecule has 11 heteroatoms. The molecular formula is C24H29Cl2N3O6. The fourth-order valence-corrected chi connectivity index (χ4v) is 3.77. The van der Waals surface area contributed by atoms with Crippen molar-refractivity contribution in [2.24, 2.45) is 5.92 Å². The van der Waals surface area contributed by atoms with Gasteiger partial charge in [0.1, 0.15) is 11.8 Å². The van der Waals surface area contributed by atoms with Crippen LogP contribution in [0, 0.1) is 16.0 Å². The fraction of sp³-hybridized carbons (Fsp3) is 0.417. The summed E-state index contributed by atoms with van der Waals surface area (Å²) in [6.07, 6.45) is 0.367. The number of amides is 2. The number of ether oxygens (including phenoxy) is 2. The molecule has 1 atom stereocenters. The largest absolute Gasteiger partial charge is 0.490 e. The molecule has 9 nitrogen and oxygen atoms in total. The fourth-order valence-electron chi connectivity index (χ4n) is 3.30. The summed E-state index contributed by atoms with van der Waals surface area (Å²) >= 11 is 12.3. The number of nitro benzene ring substituents is 1. The Labute approximate surface area is 214 Å². The first kappa shape index (κ1) is 28.2. The van der Waals surface area contributed by atoms with Crippen LogP contribution in [0.25, 0.3) is 0 Å². The molecular weight excluding hydrogens is 497 g/mol. The molecule has 1 unspecified atom stereocenters. The van der Waals surface area contributed by atoms with Gasteiger partial charge in [0.05, 0.1) is 12.0 Å². The standard InChI is InChI=1S/C24H29Cl2N3O6/c1-5-20(24(31)27-12-15(2)3)28(13-16-6-7-17(25)10-19(16)26)23(30)14-35-18-8-9-21(29(32)33)22(11-18)34-4/h6-11,15,20H,5,12-14H2,1-4H3,(H,27,31). The summed E-state index contributed by atoms with van der Waals surface area (Å²) < 4.78 is 10.6. The van der Waals surface area contributed by atoms with Gasteiger partial charge in [-0.25, -0.2) is 0 Å². The van der Waals surface area contributed by atoms with Crippen molar-refractivity contribution < 1.29 is 24.0 Å². The number of benzene rings is 2. The Morgan fingerprint density at radius 2 is 1.89 bits per heavy atom. The second kappa shape index (κ2) is 13.2. The average Bonchev–Trinajstić information content (AvgIpc) is 2.81. The molecule has 0 spiro atoms. The third kappa shape index (κ3) is 8.00. The number of nitro groups is 1. The van der Waals surface area contributed by atoms with Crippen LogP contribution in [0.2, 0.25) is 10.0 Å². The van der Waals surface area contributed by atoms with Crippen molar-refractivity contribution in [2.45, 2.75) is 39.8 Å². The van der Waals surface area contributed by atoms with Gasteiger partial charge in [-0.3, -0.25) is 19.7 Å².